The SMILES string of the molecule is O=C(O)c1ccc2[c]c(O)c(C(=O)O)cc2c1. The number of hydrogen-bond donors (Lipinski definition) is 3. The molecule has 3 N–H and O–H groups in total. The van der Waals surface area contributed by atoms with E-state index >= 15 is 0 Å². The predicted molar refractivity (Wildman–Crippen MR) is 58.4 cm³/mol. The first-order valence-corrected chi connectivity index (χ1v) is 4.64. The van der Waals surface area contributed by atoms with Gasteiger partial charge in [-0.15, -0.1) is 0 Å². The van der Waals surface area contributed by atoms with Gasteiger partial charge in [0.15, 0.2) is 0 Å². The molecule has 0 aliphatic heterocycles. The maximum absolute atomic E-state index is 10.8. The Morgan fingerprint density at radius 1 is 1.06 bits per heavy atom. The molecule has 0 spiro atoms. The molecule has 0 unspecified atom stereocenters. The maximum atomic E-state index is 10.8. The van der Waals surface area contributed by atoms with Crippen LogP contribution in [0.25, 0.3) is 10.8 Å². The number of phenols is 1. The Morgan fingerprint density at radius 2 is 1.76 bits per heavy atom. The highest BCUT2D eigenvalue weighted by molar-refractivity contribution is 5.99. The smallest absolute Gasteiger partial charge is 0.339 e. The van der Waals surface area contributed by atoms with Crippen molar-refractivity contribution in [2.75, 3.05) is 0 Å². The molecule has 17 heavy (non-hydrogen) atoms. The molecule has 0 fully saturated rings. The summed E-state index contributed by atoms with van der Waals surface area (Å²) in [6.07, 6.45) is 0. The Balaban J connectivity index is 2.72. The van der Waals surface area contributed by atoms with Crippen molar-refractivity contribution in [2.24, 2.45) is 0 Å². The van der Waals surface area contributed by atoms with Crippen LogP contribution in [0.15, 0.2) is 24.3 Å². The maximum Gasteiger partial charge on any atom is 0.339 e. The number of carboxylic acid groups (broad SMARTS) is 2. The van der Waals surface area contributed by atoms with E-state index in [0.29, 0.717) is 10.8 Å². The second-order valence-corrected chi connectivity index (χ2v) is 3.44. The molecule has 0 saturated carbocycles. The zero-order chi connectivity index (χ0) is 12.6. The summed E-state index contributed by atoms with van der Waals surface area (Å²) in [6, 6.07) is 7.86. The first-order chi connectivity index (χ1) is 7.99. The van der Waals surface area contributed by atoms with Crippen molar-refractivity contribution in [3.05, 3.63) is 41.5 Å². The molecule has 5 nitrogen and oxygen atoms in total. The molecule has 0 heterocycles. The molecule has 0 aliphatic carbocycles. The lowest BCUT2D eigenvalue weighted by Crippen LogP contribution is -1.98. The topological polar surface area (TPSA) is 94.8 Å². The van der Waals surface area contributed by atoms with E-state index in [-0.39, 0.29) is 11.1 Å². The van der Waals surface area contributed by atoms with E-state index in [9.17, 15) is 14.7 Å². The lowest BCUT2D eigenvalue weighted by Gasteiger charge is -2.03. The minimum absolute atomic E-state index is 0.0490. The van der Waals surface area contributed by atoms with Crippen LogP contribution >= 0.6 is 0 Å². The highest BCUT2D eigenvalue weighted by Gasteiger charge is 2.12. The Labute approximate surface area is 95.5 Å². The number of carboxylic acids is 2. The Hall–Kier alpha value is -2.56. The monoisotopic (exact) mass is 231 g/mol. The van der Waals surface area contributed by atoms with Gasteiger partial charge in [-0.2, -0.15) is 0 Å². The average molecular weight is 231 g/mol. The van der Waals surface area contributed by atoms with Gasteiger partial charge in [-0.3, -0.25) is 0 Å². The van der Waals surface area contributed by atoms with Gasteiger partial charge < -0.3 is 15.3 Å². The molecule has 0 aromatic heterocycles. The van der Waals surface area contributed by atoms with Crippen molar-refractivity contribution in [2.45, 2.75) is 0 Å². The minimum Gasteiger partial charge on any atom is -0.506 e. The van der Waals surface area contributed by atoms with Gasteiger partial charge in [0.2, 0.25) is 0 Å². The van der Waals surface area contributed by atoms with Gasteiger partial charge in [0.1, 0.15) is 11.3 Å². The molecule has 0 bridgehead atoms. The second-order valence-electron chi connectivity index (χ2n) is 3.44. The number of rotatable bonds is 2. The fourth-order valence-electron chi connectivity index (χ4n) is 1.51. The molecule has 2 aromatic carbocycles. The van der Waals surface area contributed by atoms with Gasteiger partial charge in [-0.1, -0.05) is 6.07 Å². The zero-order valence-electron chi connectivity index (χ0n) is 8.47. The zero-order valence-corrected chi connectivity index (χ0v) is 8.47. The molecule has 5 heteroatoms. The molecule has 85 valence electrons. The Bertz CT molecular complexity index is 630. The van der Waals surface area contributed by atoms with Crippen LogP contribution in [0.3, 0.4) is 0 Å². The molecular formula is C12H7O5. The number of benzene rings is 2. The largest absolute Gasteiger partial charge is 0.506 e. The second kappa shape index (κ2) is 3.79. The van der Waals surface area contributed by atoms with Crippen LogP contribution in [0.2, 0.25) is 0 Å². The third-order valence-corrected chi connectivity index (χ3v) is 2.34. The summed E-state index contributed by atoms with van der Waals surface area (Å²) in [5, 5.41) is 27.9. The quantitative estimate of drug-likeness (QED) is 0.731. The average Bonchev–Trinajstić information content (AvgIpc) is 2.27. The Morgan fingerprint density at radius 3 is 2.35 bits per heavy atom. The molecule has 0 aliphatic rings. The molecule has 0 amide bonds. The predicted octanol–water partition coefficient (Wildman–Crippen LogP) is 1.74. The van der Waals surface area contributed by atoms with Gasteiger partial charge in [-0.25, -0.2) is 9.59 Å². The summed E-state index contributed by atoms with van der Waals surface area (Å²) in [4.78, 5) is 21.5. The van der Waals surface area contributed by atoms with Crippen LogP contribution in [0, 0.1) is 6.07 Å². The lowest BCUT2D eigenvalue weighted by molar-refractivity contribution is 0.0685. The van der Waals surface area contributed by atoms with Crippen molar-refractivity contribution in [1.29, 1.82) is 0 Å². The first-order valence-electron chi connectivity index (χ1n) is 4.64. The molecule has 1 radical (unpaired) electrons. The highest BCUT2D eigenvalue weighted by atomic mass is 16.4. The lowest BCUT2D eigenvalue weighted by atomic mass is 10.0. The van der Waals surface area contributed by atoms with Crippen molar-refractivity contribution in [1.82, 2.24) is 0 Å². The van der Waals surface area contributed by atoms with Crippen LogP contribution < -0.4 is 0 Å². The van der Waals surface area contributed by atoms with Crippen molar-refractivity contribution >= 4 is 22.7 Å². The van der Waals surface area contributed by atoms with Crippen LogP contribution in [0.4, 0.5) is 0 Å². The Kier molecular flexibility index (Phi) is 2.44. The standard InChI is InChI=1S/C12H7O5/c13-10-5-6-1-2-7(11(14)15)3-8(6)4-9(10)12(16)17/h1-4,13H,(H,14,15)(H,16,17). The van der Waals surface area contributed by atoms with E-state index in [1.165, 1.54) is 24.3 Å². The fraction of sp³-hybridized carbons (Fsp3) is 0. The van der Waals surface area contributed by atoms with Crippen molar-refractivity contribution in [3.8, 4) is 5.75 Å². The molecule has 2 aromatic rings. The fourth-order valence-corrected chi connectivity index (χ4v) is 1.51. The van der Waals surface area contributed by atoms with Crippen LogP contribution in [0.5, 0.6) is 5.75 Å². The third kappa shape index (κ3) is 1.90. The molecule has 0 saturated heterocycles. The number of fused-ring (bicyclic) bond motifs is 1. The summed E-state index contributed by atoms with van der Waals surface area (Å²) in [6.45, 7) is 0. The van der Waals surface area contributed by atoms with E-state index in [2.05, 4.69) is 6.07 Å². The molecular weight excluding hydrogens is 224 g/mol. The van der Waals surface area contributed by atoms with Crippen LogP contribution in [-0.2, 0) is 0 Å². The first kappa shape index (κ1) is 10.9. The van der Waals surface area contributed by atoms with Crippen LogP contribution in [0.1, 0.15) is 20.7 Å². The number of aromatic carboxylic acids is 2. The van der Waals surface area contributed by atoms with Crippen LogP contribution in [-0.4, -0.2) is 27.3 Å². The van der Waals surface area contributed by atoms with E-state index in [1.807, 2.05) is 0 Å². The van der Waals surface area contributed by atoms with E-state index in [4.69, 9.17) is 10.2 Å². The summed E-state index contributed by atoms with van der Waals surface area (Å²) < 4.78 is 0. The number of carbonyl (C=O) groups is 2. The summed E-state index contributed by atoms with van der Waals surface area (Å²) in [5.74, 6) is -2.86. The number of aromatic hydroxyl groups is 1. The highest BCUT2D eigenvalue weighted by Crippen LogP contribution is 2.25. The van der Waals surface area contributed by atoms with Gasteiger partial charge in [0.05, 0.1) is 5.56 Å². The minimum atomic E-state index is -1.29. The summed E-state index contributed by atoms with van der Waals surface area (Å²) >= 11 is 0. The van der Waals surface area contributed by atoms with E-state index < -0.39 is 17.7 Å². The molecule has 2 rings (SSSR count). The van der Waals surface area contributed by atoms with Gasteiger partial charge >= 0.3 is 11.9 Å². The van der Waals surface area contributed by atoms with Gasteiger partial charge in [0, 0.05) is 6.07 Å². The van der Waals surface area contributed by atoms with Gasteiger partial charge in [0.25, 0.3) is 0 Å². The summed E-state index contributed by atoms with van der Waals surface area (Å²) in [5.41, 5.74) is -0.257. The van der Waals surface area contributed by atoms with Gasteiger partial charge in [-0.05, 0) is 29.0 Å². The normalized spacial score (nSPS) is 10.4. The van der Waals surface area contributed by atoms with Crippen molar-refractivity contribution < 1.29 is 24.9 Å². The third-order valence-electron chi connectivity index (χ3n) is 2.34. The van der Waals surface area contributed by atoms with E-state index in [0.717, 1.165) is 0 Å². The molecule has 0 atom stereocenters. The summed E-state index contributed by atoms with van der Waals surface area (Å²) in [7, 11) is 0. The van der Waals surface area contributed by atoms with Crippen molar-refractivity contribution in [3.63, 3.8) is 0 Å². The number of hydrogen-bond acceptors (Lipinski definition) is 3. The van der Waals surface area contributed by atoms with E-state index in [1.54, 1.807) is 0 Å².